The lowest BCUT2D eigenvalue weighted by molar-refractivity contribution is -0.118. The molecule has 3 rings (SSSR count). The minimum atomic E-state index is -0.121. The molecule has 30 heavy (non-hydrogen) atoms. The maximum Gasteiger partial charge on any atom is 0.257 e. The van der Waals surface area contributed by atoms with E-state index in [1.54, 1.807) is 24.0 Å². The highest BCUT2D eigenvalue weighted by Gasteiger charge is 2.20. The molecule has 0 spiro atoms. The molecule has 1 aromatic carbocycles. The summed E-state index contributed by atoms with van der Waals surface area (Å²) in [5, 5.41) is 0.732. The molecule has 0 aliphatic carbocycles. The number of benzene rings is 1. The number of ether oxygens (including phenoxy) is 1. The van der Waals surface area contributed by atoms with Gasteiger partial charge in [-0.15, -0.1) is 11.8 Å². The van der Waals surface area contributed by atoms with Crippen molar-refractivity contribution in [1.29, 1.82) is 0 Å². The number of methoxy groups -OCH3 is 1. The smallest absolute Gasteiger partial charge is 0.257 e. The summed E-state index contributed by atoms with van der Waals surface area (Å²) in [4.78, 5) is 36.6. The van der Waals surface area contributed by atoms with Gasteiger partial charge < -0.3 is 20.3 Å². The number of nitrogens with two attached hydrogens (primary N) is 1. The van der Waals surface area contributed by atoms with Crippen LogP contribution in [0.2, 0.25) is 0 Å². The van der Waals surface area contributed by atoms with Gasteiger partial charge in [0.2, 0.25) is 12.4 Å². The molecule has 2 aromatic rings. The lowest BCUT2D eigenvalue weighted by atomic mass is 10.00. The first-order valence-electron chi connectivity index (χ1n) is 9.84. The quantitative estimate of drug-likeness (QED) is 0.578. The molecule has 0 atom stereocenters. The van der Waals surface area contributed by atoms with Crippen LogP contribution in [0.1, 0.15) is 28.8 Å². The van der Waals surface area contributed by atoms with Crippen LogP contribution in [0, 0.1) is 6.92 Å². The van der Waals surface area contributed by atoms with E-state index in [2.05, 4.69) is 9.97 Å². The summed E-state index contributed by atoms with van der Waals surface area (Å²) < 4.78 is 5.48. The molecule has 1 aliphatic heterocycles. The normalized spacial score (nSPS) is 15.8. The van der Waals surface area contributed by atoms with E-state index in [-0.39, 0.29) is 11.9 Å². The highest BCUT2D eigenvalue weighted by atomic mass is 32.2. The zero-order valence-electron chi connectivity index (χ0n) is 17.6. The standard InChI is InChI=1S/C21H27N5O3S/c1-14-10-18(29-3)16-11-15(14)17-12-19(24-21(22)23-17)30-9-8-26(13-27)7-5-4-6-25(2)20(16)28/h10-13H,4-9H2,1-3H3,(H2,22,23,24). The number of carbonyl (C=O) groups is 2. The molecule has 0 unspecified atom stereocenters. The van der Waals surface area contributed by atoms with E-state index in [0.29, 0.717) is 42.4 Å². The van der Waals surface area contributed by atoms with Gasteiger partial charge in [0, 0.05) is 38.0 Å². The van der Waals surface area contributed by atoms with Gasteiger partial charge in [0.15, 0.2) is 0 Å². The molecule has 0 radical (unpaired) electrons. The second-order valence-electron chi connectivity index (χ2n) is 7.24. The first-order chi connectivity index (χ1) is 14.4. The third kappa shape index (κ3) is 5.02. The monoisotopic (exact) mass is 429 g/mol. The average molecular weight is 430 g/mol. The maximum absolute atomic E-state index is 13.1. The molecular formula is C21H27N5O3S. The van der Waals surface area contributed by atoms with E-state index in [4.69, 9.17) is 10.5 Å². The Morgan fingerprint density at radius 3 is 2.63 bits per heavy atom. The van der Waals surface area contributed by atoms with Crippen molar-refractivity contribution in [3.05, 3.63) is 29.3 Å². The van der Waals surface area contributed by atoms with Gasteiger partial charge in [-0.3, -0.25) is 9.59 Å². The third-order valence-corrected chi connectivity index (χ3v) is 5.98. The second-order valence-corrected chi connectivity index (χ2v) is 8.36. The number of aromatic nitrogens is 2. The van der Waals surface area contributed by atoms with Gasteiger partial charge in [-0.25, -0.2) is 9.97 Å². The number of fused-ring (bicyclic) bond motifs is 5. The Labute approximate surface area is 180 Å². The van der Waals surface area contributed by atoms with Crippen molar-refractivity contribution in [2.75, 3.05) is 45.3 Å². The Kier molecular flexibility index (Phi) is 7.15. The van der Waals surface area contributed by atoms with Gasteiger partial charge >= 0.3 is 0 Å². The van der Waals surface area contributed by atoms with Crippen molar-refractivity contribution in [2.45, 2.75) is 24.8 Å². The summed E-state index contributed by atoms with van der Waals surface area (Å²) in [5.74, 6) is 1.28. The topological polar surface area (TPSA) is 102 Å². The zero-order valence-corrected chi connectivity index (χ0v) is 18.4. The fraction of sp³-hybridized carbons (Fsp3) is 0.429. The molecule has 160 valence electrons. The molecule has 1 aromatic heterocycles. The first kappa shape index (κ1) is 21.9. The molecule has 2 heterocycles. The van der Waals surface area contributed by atoms with Crippen molar-refractivity contribution >= 4 is 30.0 Å². The summed E-state index contributed by atoms with van der Waals surface area (Å²) in [5.41, 5.74) is 8.83. The van der Waals surface area contributed by atoms with Crippen LogP contribution >= 0.6 is 11.8 Å². The van der Waals surface area contributed by atoms with Gasteiger partial charge in [0.25, 0.3) is 5.91 Å². The Morgan fingerprint density at radius 2 is 1.90 bits per heavy atom. The van der Waals surface area contributed by atoms with E-state index < -0.39 is 0 Å². The summed E-state index contributed by atoms with van der Waals surface area (Å²) in [6.45, 7) is 3.81. The lowest BCUT2D eigenvalue weighted by Gasteiger charge is -2.22. The van der Waals surface area contributed by atoms with Gasteiger partial charge in [-0.1, -0.05) is 0 Å². The minimum absolute atomic E-state index is 0.121. The number of carbonyl (C=O) groups excluding carboxylic acids is 2. The van der Waals surface area contributed by atoms with Crippen LogP contribution in [0.25, 0.3) is 11.3 Å². The lowest BCUT2D eigenvalue weighted by Crippen LogP contribution is -2.30. The summed E-state index contributed by atoms with van der Waals surface area (Å²) in [7, 11) is 3.34. The van der Waals surface area contributed by atoms with Crippen LogP contribution in [-0.4, -0.2) is 71.6 Å². The number of hydrogen-bond donors (Lipinski definition) is 1. The first-order valence-corrected chi connectivity index (χ1v) is 10.8. The number of aryl methyl sites for hydroxylation is 1. The molecule has 8 nitrogen and oxygen atoms in total. The van der Waals surface area contributed by atoms with Crippen molar-refractivity contribution in [1.82, 2.24) is 19.8 Å². The Balaban J connectivity index is 2.07. The van der Waals surface area contributed by atoms with E-state index in [1.807, 2.05) is 25.1 Å². The SMILES string of the molecule is COc1cc(C)c2cc1C(=O)N(C)CCCCN(C=O)CCSc1cc-2nc(N)n1. The fourth-order valence-electron chi connectivity index (χ4n) is 3.40. The van der Waals surface area contributed by atoms with Crippen LogP contribution in [0.15, 0.2) is 23.2 Å². The highest BCUT2D eigenvalue weighted by Crippen LogP contribution is 2.32. The van der Waals surface area contributed by atoms with Crippen molar-refractivity contribution in [3.8, 4) is 17.0 Å². The molecule has 2 N–H and O–H groups in total. The second kappa shape index (κ2) is 9.80. The van der Waals surface area contributed by atoms with Crippen LogP contribution in [0.5, 0.6) is 5.75 Å². The predicted octanol–water partition coefficient (Wildman–Crippen LogP) is 2.46. The molecule has 0 fully saturated rings. The van der Waals surface area contributed by atoms with Crippen LogP contribution in [-0.2, 0) is 4.79 Å². The minimum Gasteiger partial charge on any atom is -0.496 e. The summed E-state index contributed by atoms with van der Waals surface area (Å²) in [6.07, 6.45) is 2.50. The van der Waals surface area contributed by atoms with E-state index in [9.17, 15) is 9.59 Å². The Morgan fingerprint density at radius 1 is 1.13 bits per heavy atom. The fourth-order valence-corrected chi connectivity index (χ4v) is 4.29. The van der Waals surface area contributed by atoms with Crippen molar-refractivity contribution < 1.29 is 14.3 Å². The molecule has 2 amide bonds. The third-order valence-electron chi connectivity index (χ3n) is 5.09. The predicted molar refractivity (Wildman–Crippen MR) is 118 cm³/mol. The van der Waals surface area contributed by atoms with E-state index in [1.165, 1.54) is 11.8 Å². The maximum atomic E-state index is 13.1. The largest absolute Gasteiger partial charge is 0.496 e. The molecule has 0 saturated heterocycles. The van der Waals surface area contributed by atoms with Crippen molar-refractivity contribution in [3.63, 3.8) is 0 Å². The molecule has 9 heteroatoms. The number of rotatable bonds is 2. The molecule has 1 aliphatic rings. The molecule has 0 saturated carbocycles. The van der Waals surface area contributed by atoms with Crippen LogP contribution in [0.3, 0.4) is 0 Å². The van der Waals surface area contributed by atoms with E-state index in [0.717, 1.165) is 35.4 Å². The van der Waals surface area contributed by atoms with Gasteiger partial charge in [0.1, 0.15) is 10.8 Å². The van der Waals surface area contributed by atoms with Crippen molar-refractivity contribution in [2.24, 2.45) is 0 Å². The summed E-state index contributed by atoms with van der Waals surface area (Å²) in [6, 6.07) is 5.54. The summed E-state index contributed by atoms with van der Waals surface area (Å²) >= 11 is 1.53. The zero-order chi connectivity index (χ0) is 21.7. The highest BCUT2D eigenvalue weighted by molar-refractivity contribution is 7.99. The van der Waals surface area contributed by atoms with Gasteiger partial charge in [-0.05, 0) is 43.5 Å². The number of nitrogens with zero attached hydrogens (tertiary/aromatic N) is 4. The number of amides is 2. The number of thioether (sulfide) groups is 1. The number of hydrogen-bond acceptors (Lipinski definition) is 7. The van der Waals surface area contributed by atoms with E-state index >= 15 is 0 Å². The van der Waals surface area contributed by atoms with Gasteiger partial charge in [-0.2, -0.15) is 0 Å². The number of anilines is 1. The number of nitrogen functional groups attached to an aromatic ring is 1. The van der Waals surface area contributed by atoms with Gasteiger partial charge in [0.05, 0.1) is 18.4 Å². The van der Waals surface area contributed by atoms with Crippen LogP contribution < -0.4 is 10.5 Å². The Hall–Kier alpha value is -2.81. The van der Waals surface area contributed by atoms with Crippen LogP contribution in [0.4, 0.5) is 5.95 Å². The Bertz CT molecular complexity index is 937. The average Bonchev–Trinajstić information content (AvgIpc) is 2.73. The molecule has 4 bridgehead atoms. The molecular weight excluding hydrogens is 402 g/mol.